The molecule has 38 heavy (non-hydrogen) atoms. The number of carbonyl (C=O) groups is 2. The number of nitrogens with zero attached hydrogens (tertiary/aromatic N) is 1. The predicted octanol–water partition coefficient (Wildman–Crippen LogP) is 6.21. The summed E-state index contributed by atoms with van der Waals surface area (Å²) in [5.41, 5.74) is 3.05. The highest BCUT2D eigenvalue weighted by molar-refractivity contribution is 6.16. The Morgan fingerprint density at radius 2 is 1.50 bits per heavy atom. The molecule has 198 valence electrons. The second-order valence-electron chi connectivity index (χ2n) is 8.91. The molecule has 0 aliphatic rings. The maximum atomic E-state index is 13.9. The molecule has 0 saturated heterocycles. The number of esters is 2. The third-order valence-electron chi connectivity index (χ3n) is 6.30. The molecule has 0 saturated carbocycles. The van der Waals surface area contributed by atoms with Crippen molar-refractivity contribution in [3.63, 3.8) is 0 Å². The molecule has 0 N–H and O–H groups in total. The molecule has 8 heteroatoms. The smallest absolute Gasteiger partial charge is 0.344 e. The zero-order chi connectivity index (χ0) is 27.4. The molecule has 0 atom stereocenters. The van der Waals surface area contributed by atoms with Crippen LogP contribution >= 0.6 is 0 Å². The van der Waals surface area contributed by atoms with Gasteiger partial charge in [-0.25, -0.2) is 14.6 Å². The van der Waals surface area contributed by atoms with Crippen LogP contribution in [-0.2, 0) is 4.74 Å². The van der Waals surface area contributed by atoms with E-state index >= 15 is 0 Å². The fourth-order valence-corrected chi connectivity index (χ4v) is 4.35. The van der Waals surface area contributed by atoms with E-state index < -0.39 is 11.9 Å². The second kappa shape index (κ2) is 11.4. The summed E-state index contributed by atoms with van der Waals surface area (Å²) in [7, 11) is 4.63. The van der Waals surface area contributed by atoms with E-state index in [0.717, 1.165) is 12.8 Å². The van der Waals surface area contributed by atoms with E-state index in [1.165, 1.54) is 14.2 Å². The summed E-state index contributed by atoms with van der Waals surface area (Å²) in [6, 6.07) is 12.1. The number of hydrogen-bond acceptors (Lipinski definition) is 8. The molecular formula is C30H31NO7. The van der Waals surface area contributed by atoms with Gasteiger partial charge in [-0.05, 0) is 67.8 Å². The number of aryl methyl sites for hydroxylation is 2. The molecule has 0 radical (unpaired) electrons. The van der Waals surface area contributed by atoms with E-state index in [-0.39, 0.29) is 0 Å². The number of benzene rings is 3. The maximum Gasteiger partial charge on any atom is 0.344 e. The van der Waals surface area contributed by atoms with Crippen LogP contribution in [0.15, 0.2) is 42.5 Å². The minimum atomic E-state index is -0.588. The van der Waals surface area contributed by atoms with Crippen molar-refractivity contribution in [2.75, 3.05) is 27.9 Å². The molecule has 4 rings (SSSR count). The van der Waals surface area contributed by atoms with Crippen molar-refractivity contribution in [2.24, 2.45) is 0 Å². The molecule has 1 heterocycles. The Balaban J connectivity index is 1.83. The van der Waals surface area contributed by atoms with Gasteiger partial charge in [0.15, 0.2) is 0 Å². The minimum Gasteiger partial charge on any atom is -0.497 e. The zero-order valence-electron chi connectivity index (χ0n) is 22.5. The van der Waals surface area contributed by atoms with Crippen LogP contribution in [0, 0.1) is 13.8 Å². The van der Waals surface area contributed by atoms with Gasteiger partial charge in [-0.15, -0.1) is 0 Å². The standard InChI is InChI=1S/C30H31NO7/c1-7-8-11-37-29(32)19-12-17(2)28(18(3)13-19)38-30(33)26-22-14-20(34-4)9-10-24(22)31-27-23(26)15-21(35-5)16-25(27)36-6/h9-10,12-16H,7-8,11H2,1-6H3. The zero-order valence-corrected chi connectivity index (χ0v) is 22.5. The largest absolute Gasteiger partial charge is 0.497 e. The van der Waals surface area contributed by atoms with E-state index in [0.29, 0.717) is 73.7 Å². The van der Waals surface area contributed by atoms with Crippen LogP contribution < -0.4 is 18.9 Å². The summed E-state index contributed by atoms with van der Waals surface area (Å²) < 4.78 is 27.8. The first-order chi connectivity index (χ1) is 18.3. The van der Waals surface area contributed by atoms with Crippen LogP contribution in [0.4, 0.5) is 0 Å². The summed E-state index contributed by atoms with van der Waals surface area (Å²) in [5.74, 6) is 0.919. The Kier molecular flexibility index (Phi) is 8.00. The van der Waals surface area contributed by atoms with Crippen LogP contribution in [0.3, 0.4) is 0 Å². The number of pyridine rings is 1. The predicted molar refractivity (Wildman–Crippen MR) is 145 cm³/mol. The van der Waals surface area contributed by atoms with Gasteiger partial charge in [-0.3, -0.25) is 0 Å². The molecule has 0 bridgehead atoms. The number of rotatable bonds is 9. The van der Waals surface area contributed by atoms with E-state index in [9.17, 15) is 9.59 Å². The Hall–Kier alpha value is -4.33. The first kappa shape index (κ1) is 26.7. The molecule has 0 spiro atoms. The number of methoxy groups -OCH3 is 3. The fraction of sp³-hybridized carbons (Fsp3) is 0.300. The van der Waals surface area contributed by atoms with Crippen molar-refractivity contribution in [1.29, 1.82) is 0 Å². The maximum absolute atomic E-state index is 13.9. The topological polar surface area (TPSA) is 93.2 Å². The van der Waals surface area contributed by atoms with Crippen LogP contribution in [-0.4, -0.2) is 44.9 Å². The Bertz CT molecular complexity index is 1500. The van der Waals surface area contributed by atoms with Gasteiger partial charge in [0.1, 0.15) is 28.5 Å². The number of fused-ring (bicyclic) bond motifs is 2. The fourth-order valence-electron chi connectivity index (χ4n) is 4.35. The summed E-state index contributed by atoms with van der Waals surface area (Å²) in [4.78, 5) is 31.1. The van der Waals surface area contributed by atoms with E-state index in [1.54, 1.807) is 63.4 Å². The van der Waals surface area contributed by atoms with Crippen molar-refractivity contribution in [3.05, 3.63) is 64.7 Å². The van der Waals surface area contributed by atoms with Crippen LogP contribution in [0.2, 0.25) is 0 Å². The highest BCUT2D eigenvalue weighted by Crippen LogP contribution is 2.37. The van der Waals surface area contributed by atoms with Gasteiger partial charge in [0.25, 0.3) is 0 Å². The Morgan fingerprint density at radius 1 is 0.816 bits per heavy atom. The monoisotopic (exact) mass is 517 g/mol. The van der Waals surface area contributed by atoms with Gasteiger partial charge < -0.3 is 23.7 Å². The third kappa shape index (κ3) is 5.20. The lowest BCUT2D eigenvalue weighted by molar-refractivity contribution is 0.0499. The SMILES string of the molecule is CCCCOC(=O)c1cc(C)c(OC(=O)c2c3cc(OC)ccc3nc3c(OC)cc(OC)cc23)c(C)c1. The number of unbranched alkanes of at least 4 members (excludes halogenated alkanes) is 1. The number of aromatic nitrogens is 1. The minimum absolute atomic E-state index is 0.294. The quantitative estimate of drug-likeness (QED) is 0.112. The van der Waals surface area contributed by atoms with Crippen molar-refractivity contribution in [1.82, 2.24) is 4.98 Å². The molecule has 0 aliphatic carbocycles. The number of carbonyl (C=O) groups excluding carboxylic acids is 2. The summed E-state index contributed by atoms with van der Waals surface area (Å²) in [5, 5.41) is 1.07. The van der Waals surface area contributed by atoms with Gasteiger partial charge in [-0.1, -0.05) is 13.3 Å². The second-order valence-corrected chi connectivity index (χ2v) is 8.91. The highest BCUT2D eigenvalue weighted by Gasteiger charge is 2.23. The average molecular weight is 518 g/mol. The van der Waals surface area contributed by atoms with Gasteiger partial charge in [0, 0.05) is 16.8 Å². The molecule has 4 aromatic rings. The lowest BCUT2D eigenvalue weighted by Crippen LogP contribution is -2.13. The number of hydrogen-bond donors (Lipinski definition) is 0. The molecule has 0 amide bonds. The molecular weight excluding hydrogens is 486 g/mol. The van der Waals surface area contributed by atoms with Crippen molar-refractivity contribution >= 4 is 33.7 Å². The molecule has 0 unspecified atom stereocenters. The molecule has 3 aromatic carbocycles. The van der Waals surface area contributed by atoms with E-state index in [2.05, 4.69) is 0 Å². The van der Waals surface area contributed by atoms with Crippen molar-refractivity contribution in [3.8, 4) is 23.0 Å². The van der Waals surface area contributed by atoms with Gasteiger partial charge in [0.2, 0.25) is 0 Å². The average Bonchev–Trinajstić information content (AvgIpc) is 2.92. The normalized spacial score (nSPS) is 10.9. The van der Waals surface area contributed by atoms with Gasteiger partial charge >= 0.3 is 11.9 Å². The summed E-state index contributed by atoms with van der Waals surface area (Å²) in [6.45, 7) is 5.97. The number of ether oxygens (including phenoxy) is 5. The van der Waals surface area contributed by atoms with Crippen LogP contribution in [0.25, 0.3) is 21.8 Å². The lowest BCUT2D eigenvalue weighted by atomic mass is 10.0. The molecule has 0 aliphatic heterocycles. The molecule has 1 aromatic heterocycles. The first-order valence-electron chi connectivity index (χ1n) is 12.3. The highest BCUT2D eigenvalue weighted by atomic mass is 16.5. The van der Waals surface area contributed by atoms with E-state index in [4.69, 9.17) is 28.7 Å². The third-order valence-corrected chi connectivity index (χ3v) is 6.30. The van der Waals surface area contributed by atoms with Crippen LogP contribution in [0.1, 0.15) is 51.6 Å². The van der Waals surface area contributed by atoms with Crippen molar-refractivity contribution < 1.29 is 33.3 Å². The first-order valence-corrected chi connectivity index (χ1v) is 12.3. The van der Waals surface area contributed by atoms with Gasteiger partial charge in [0.05, 0.1) is 44.6 Å². The lowest BCUT2D eigenvalue weighted by Gasteiger charge is -2.16. The molecule has 0 fully saturated rings. The molecule has 8 nitrogen and oxygen atoms in total. The van der Waals surface area contributed by atoms with Crippen LogP contribution in [0.5, 0.6) is 23.0 Å². The Morgan fingerprint density at radius 3 is 2.13 bits per heavy atom. The Labute approximate surface area is 221 Å². The summed E-state index contributed by atoms with van der Waals surface area (Å²) >= 11 is 0. The van der Waals surface area contributed by atoms with E-state index in [1.807, 2.05) is 6.92 Å². The van der Waals surface area contributed by atoms with Crippen molar-refractivity contribution in [2.45, 2.75) is 33.6 Å². The summed E-state index contributed by atoms with van der Waals surface area (Å²) in [6.07, 6.45) is 1.73. The van der Waals surface area contributed by atoms with Gasteiger partial charge in [-0.2, -0.15) is 0 Å².